The lowest BCUT2D eigenvalue weighted by atomic mass is 10.2. The van der Waals surface area contributed by atoms with Gasteiger partial charge in [-0.15, -0.1) is 6.58 Å². The second-order valence-corrected chi connectivity index (χ2v) is 7.17. The number of fused-ring (bicyclic) bond motifs is 1. The molecule has 28 heavy (non-hydrogen) atoms. The molecule has 3 rings (SSSR count). The van der Waals surface area contributed by atoms with Crippen LogP contribution in [0.4, 0.5) is 5.69 Å². The normalized spacial score (nSPS) is 10.4. The summed E-state index contributed by atoms with van der Waals surface area (Å²) in [6, 6.07) is 13.5. The van der Waals surface area contributed by atoms with Crippen LogP contribution in [0.3, 0.4) is 0 Å². The van der Waals surface area contributed by atoms with Gasteiger partial charge in [-0.25, -0.2) is 4.98 Å². The molecular formula is C20H15ClN4O2S. The van der Waals surface area contributed by atoms with E-state index in [0.717, 1.165) is 11.8 Å². The highest BCUT2D eigenvalue weighted by Crippen LogP contribution is 2.21. The van der Waals surface area contributed by atoms with E-state index in [0.29, 0.717) is 32.3 Å². The van der Waals surface area contributed by atoms with E-state index in [1.807, 2.05) is 6.07 Å². The zero-order valence-corrected chi connectivity index (χ0v) is 16.3. The number of carbonyl (C=O) groups is 1. The Hall–Kier alpha value is -3.08. The predicted molar refractivity (Wildman–Crippen MR) is 112 cm³/mol. The Labute approximate surface area is 170 Å². The molecule has 0 radical (unpaired) electrons. The number of rotatable bonds is 6. The Balaban J connectivity index is 1.80. The van der Waals surface area contributed by atoms with Gasteiger partial charge in [0, 0.05) is 17.3 Å². The molecule has 0 aliphatic rings. The second-order valence-electron chi connectivity index (χ2n) is 5.79. The molecule has 0 spiro atoms. The minimum absolute atomic E-state index is 0.0721. The SMILES string of the molecule is C=CCn1c(SCC(=O)Nc2ccc(C#N)cc2)nc2ccc(Cl)cc2c1=O. The average molecular weight is 411 g/mol. The van der Waals surface area contributed by atoms with Gasteiger partial charge in [-0.3, -0.25) is 14.2 Å². The Kier molecular flexibility index (Phi) is 6.14. The molecule has 1 amide bonds. The van der Waals surface area contributed by atoms with Crippen LogP contribution in [0.15, 0.2) is 65.1 Å². The third-order valence-corrected chi connectivity index (χ3v) is 5.03. The van der Waals surface area contributed by atoms with E-state index < -0.39 is 0 Å². The number of hydrogen-bond acceptors (Lipinski definition) is 5. The fourth-order valence-electron chi connectivity index (χ4n) is 2.53. The fraction of sp³-hybridized carbons (Fsp3) is 0.100. The van der Waals surface area contributed by atoms with Crippen molar-refractivity contribution in [2.45, 2.75) is 11.7 Å². The maximum Gasteiger partial charge on any atom is 0.262 e. The van der Waals surface area contributed by atoms with Gasteiger partial charge in [-0.2, -0.15) is 5.26 Å². The summed E-state index contributed by atoms with van der Waals surface area (Å²) in [4.78, 5) is 29.5. The number of carbonyl (C=O) groups excluding carboxylic acids is 1. The van der Waals surface area contributed by atoms with E-state index in [1.165, 1.54) is 4.57 Å². The van der Waals surface area contributed by atoms with E-state index in [4.69, 9.17) is 16.9 Å². The van der Waals surface area contributed by atoms with Gasteiger partial charge in [0.15, 0.2) is 5.16 Å². The summed E-state index contributed by atoms with van der Waals surface area (Å²) in [6.45, 7) is 3.95. The number of thioether (sulfide) groups is 1. The van der Waals surface area contributed by atoms with Crippen LogP contribution >= 0.6 is 23.4 Å². The average Bonchev–Trinajstić information content (AvgIpc) is 2.70. The predicted octanol–water partition coefficient (Wildman–Crippen LogP) is 3.84. The zero-order chi connectivity index (χ0) is 20.1. The van der Waals surface area contributed by atoms with Gasteiger partial charge in [-0.05, 0) is 42.5 Å². The summed E-state index contributed by atoms with van der Waals surface area (Å²) < 4.78 is 1.46. The highest BCUT2D eigenvalue weighted by molar-refractivity contribution is 7.99. The third kappa shape index (κ3) is 4.42. The number of benzene rings is 2. The largest absolute Gasteiger partial charge is 0.325 e. The number of amides is 1. The van der Waals surface area contributed by atoms with E-state index in [2.05, 4.69) is 16.9 Å². The van der Waals surface area contributed by atoms with Gasteiger partial charge in [0.25, 0.3) is 5.56 Å². The Morgan fingerprint density at radius 2 is 2.07 bits per heavy atom. The first kappa shape index (κ1) is 19.7. The van der Waals surface area contributed by atoms with Crippen LogP contribution in [0.25, 0.3) is 10.9 Å². The fourth-order valence-corrected chi connectivity index (χ4v) is 3.51. The number of nitrogens with zero attached hydrogens (tertiary/aromatic N) is 3. The van der Waals surface area contributed by atoms with Gasteiger partial charge in [0.05, 0.1) is 28.3 Å². The smallest absolute Gasteiger partial charge is 0.262 e. The minimum atomic E-state index is -0.245. The molecule has 1 heterocycles. The number of nitriles is 1. The summed E-state index contributed by atoms with van der Waals surface area (Å²) in [5.74, 6) is -0.173. The molecule has 0 bridgehead atoms. The molecule has 0 aliphatic heterocycles. The summed E-state index contributed by atoms with van der Waals surface area (Å²) in [5.41, 5.74) is 1.39. The number of aromatic nitrogens is 2. The summed E-state index contributed by atoms with van der Waals surface area (Å²) in [7, 11) is 0. The molecule has 0 aliphatic carbocycles. The standard InChI is InChI=1S/C20H15ClN4O2S/c1-2-9-25-19(27)16-10-14(21)5-8-17(16)24-20(25)28-12-18(26)23-15-6-3-13(11-22)4-7-15/h2-8,10H,1,9,12H2,(H,23,26). The van der Waals surface area contributed by atoms with Gasteiger partial charge in [-0.1, -0.05) is 29.4 Å². The molecule has 1 aromatic heterocycles. The lowest BCUT2D eigenvalue weighted by molar-refractivity contribution is -0.113. The quantitative estimate of drug-likeness (QED) is 0.379. The first-order valence-electron chi connectivity index (χ1n) is 8.25. The Morgan fingerprint density at radius 3 is 2.75 bits per heavy atom. The number of halogens is 1. The van der Waals surface area contributed by atoms with E-state index in [-0.39, 0.29) is 23.8 Å². The molecule has 2 aromatic carbocycles. The van der Waals surface area contributed by atoms with E-state index >= 15 is 0 Å². The van der Waals surface area contributed by atoms with Crippen molar-refractivity contribution < 1.29 is 4.79 Å². The molecule has 0 fully saturated rings. The van der Waals surface area contributed by atoms with Crippen molar-refractivity contribution in [1.82, 2.24) is 9.55 Å². The lowest BCUT2D eigenvalue weighted by Crippen LogP contribution is -2.23. The second kappa shape index (κ2) is 8.74. The maximum absolute atomic E-state index is 12.8. The third-order valence-electron chi connectivity index (χ3n) is 3.82. The van der Waals surface area contributed by atoms with Gasteiger partial charge < -0.3 is 5.32 Å². The molecule has 0 atom stereocenters. The molecule has 0 unspecified atom stereocenters. The maximum atomic E-state index is 12.8. The van der Waals surface area contributed by atoms with Crippen molar-refractivity contribution >= 4 is 45.9 Å². The van der Waals surface area contributed by atoms with Crippen molar-refractivity contribution in [2.24, 2.45) is 0 Å². The van der Waals surface area contributed by atoms with Gasteiger partial charge in [0.2, 0.25) is 5.91 Å². The number of nitrogens with one attached hydrogen (secondary N) is 1. The van der Waals surface area contributed by atoms with Crippen molar-refractivity contribution in [3.05, 3.63) is 76.1 Å². The molecule has 0 saturated heterocycles. The molecule has 1 N–H and O–H groups in total. The summed E-state index contributed by atoms with van der Waals surface area (Å²) in [6.07, 6.45) is 1.60. The monoisotopic (exact) mass is 410 g/mol. The summed E-state index contributed by atoms with van der Waals surface area (Å²) in [5, 5.41) is 12.9. The highest BCUT2D eigenvalue weighted by Gasteiger charge is 2.13. The molecular weight excluding hydrogens is 396 g/mol. The number of hydrogen-bond donors (Lipinski definition) is 1. The van der Waals surface area contributed by atoms with Crippen LogP contribution in [0.2, 0.25) is 5.02 Å². The van der Waals surface area contributed by atoms with E-state index in [9.17, 15) is 9.59 Å². The molecule has 0 saturated carbocycles. The van der Waals surface area contributed by atoms with Crippen molar-refractivity contribution in [3.8, 4) is 6.07 Å². The van der Waals surface area contributed by atoms with Crippen LogP contribution < -0.4 is 10.9 Å². The molecule has 6 nitrogen and oxygen atoms in total. The van der Waals surface area contributed by atoms with Crippen molar-refractivity contribution in [2.75, 3.05) is 11.1 Å². The Morgan fingerprint density at radius 1 is 1.32 bits per heavy atom. The van der Waals surface area contributed by atoms with Gasteiger partial charge >= 0.3 is 0 Å². The first-order valence-corrected chi connectivity index (χ1v) is 9.62. The molecule has 8 heteroatoms. The van der Waals surface area contributed by atoms with Crippen LogP contribution in [0, 0.1) is 11.3 Å². The van der Waals surface area contributed by atoms with Crippen LogP contribution in [-0.4, -0.2) is 21.2 Å². The first-order chi connectivity index (χ1) is 13.5. The van der Waals surface area contributed by atoms with Crippen molar-refractivity contribution in [1.29, 1.82) is 5.26 Å². The highest BCUT2D eigenvalue weighted by atomic mass is 35.5. The van der Waals surface area contributed by atoms with E-state index in [1.54, 1.807) is 48.5 Å². The number of anilines is 1. The minimum Gasteiger partial charge on any atom is -0.325 e. The van der Waals surface area contributed by atoms with Crippen LogP contribution in [0.5, 0.6) is 0 Å². The summed E-state index contributed by atoms with van der Waals surface area (Å²) >= 11 is 7.15. The topological polar surface area (TPSA) is 87.8 Å². The van der Waals surface area contributed by atoms with Crippen LogP contribution in [0.1, 0.15) is 5.56 Å². The lowest BCUT2D eigenvalue weighted by Gasteiger charge is -2.11. The Bertz CT molecular complexity index is 1150. The zero-order valence-electron chi connectivity index (χ0n) is 14.7. The molecule has 140 valence electrons. The van der Waals surface area contributed by atoms with Crippen LogP contribution in [-0.2, 0) is 11.3 Å². The van der Waals surface area contributed by atoms with Crippen molar-refractivity contribution in [3.63, 3.8) is 0 Å². The number of allylic oxidation sites excluding steroid dienone is 1. The molecule has 3 aromatic rings. The van der Waals surface area contributed by atoms with Gasteiger partial charge in [0.1, 0.15) is 0 Å².